The van der Waals surface area contributed by atoms with Crippen molar-refractivity contribution in [2.24, 2.45) is 0 Å². The Kier molecular flexibility index (Phi) is 8.20. The molecule has 1 aliphatic heterocycles. The third-order valence-corrected chi connectivity index (χ3v) is 6.65. The van der Waals surface area contributed by atoms with E-state index >= 15 is 0 Å². The Labute approximate surface area is 222 Å². The van der Waals surface area contributed by atoms with E-state index in [1.807, 2.05) is 0 Å². The summed E-state index contributed by atoms with van der Waals surface area (Å²) in [7, 11) is 1.48. The van der Waals surface area contributed by atoms with Gasteiger partial charge in [-0.3, -0.25) is 19.3 Å². The smallest absolute Gasteiger partial charge is 0.294 e. The van der Waals surface area contributed by atoms with Crippen molar-refractivity contribution >= 4 is 63.8 Å². The first-order valence-corrected chi connectivity index (χ1v) is 12.3. The molecule has 36 heavy (non-hydrogen) atoms. The average Bonchev–Trinajstić information content (AvgIpc) is 3.12. The number of amides is 3. The molecule has 1 fully saturated rings. The minimum absolute atomic E-state index is 0.186. The summed E-state index contributed by atoms with van der Waals surface area (Å²) in [4.78, 5) is 39.1. The van der Waals surface area contributed by atoms with Gasteiger partial charge in [0.1, 0.15) is 24.7 Å². The van der Waals surface area contributed by atoms with Crippen LogP contribution in [-0.2, 0) is 16.2 Å². The van der Waals surface area contributed by atoms with Crippen molar-refractivity contribution in [1.82, 2.24) is 4.90 Å². The van der Waals surface area contributed by atoms with Crippen LogP contribution in [0.3, 0.4) is 0 Å². The first-order valence-electron chi connectivity index (χ1n) is 10.7. The highest BCUT2D eigenvalue weighted by Crippen LogP contribution is 2.34. The molecule has 3 amide bonds. The number of nitrogens with zero attached hydrogens (tertiary/aromatic N) is 1. The number of carbonyl (C=O) groups is 3. The van der Waals surface area contributed by atoms with Gasteiger partial charge < -0.3 is 14.8 Å². The molecule has 1 N–H and O–H groups in total. The number of para-hydroxylation sites is 3. The van der Waals surface area contributed by atoms with Crippen molar-refractivity contribution in [1.29, 1.82) is 0 Å². The number of nitrogens with one attached hydrogen (secondary N) is 1. The fourth-order valence-electron chi connectivity index (χ4n) is 3.38. The van der Waals surface area contributed by atoms with Crippen molar-refractivity contribution < 1.29 is 23.9 Å². The Bertz CT molecular complexity index is 1360. The topological polar surface area (TPSA) is 84.9 Å². The zero-order chi connectivity index (χ0) is 25.7. The molecule has 0 atom stereocenters. The summed E-state index contributed by atoms with van der Waals surface area (Å²) in [5.74, 6) is -0.108. The molecule has 3 aromatic rings. The fourth-order valence-corrected chi connectivity index (χ4v) is 4.68. The molecule has 0 aliphatic carbocycles. The van der Waals surface area contributed by atoms with Gasteiger partial charge in [-0.15, -0.1) is 0 Å². The van der Waals surface area contributed by atoms with Gasteiger partial charge >= 0.3 is 0 Å². The molecule has 0 radical (unpaired) electrons. The zero-order valence-corrected chi connectivity index (χ0v) is 21.3. The van der Waals surface area contributed by atoms with E-state index in [-0.39, 0.29) is 11.5 Å². The summed E-state index contributed by atoms with van der Waals surface area (Å²) in [6.45, 7) is -0.237. The number of carbonyl (C=O) groups excluding carboxylic acids is 3. The highest BCUT2D eigenvalue weighted by atomic mass is 35.5. The molecule has 4 rings (SSSR count). The lowest BCUT2D eigenvalue weighted by Crippen LogP contribution is -2.36. The van der Waals surface area contributed by atoms with E-state index in [4.69, 9.17) is 32.7 Å². The zero-order valence-electron chi connectivity index (χ0n) is 19.0. The Morgan fingerprint density at radius 2 is 1.75 bits per heavy atom. The van der Waals surface area contributed by atoms with E-state index in [1.54, 1.807) is 72.8 Å². The van der Waals surface area contributed by atoms with Gasteiger partial charge in [-0.25, -0.2) is 0 Å². The number of halogens is 2. The number of anilines is 1. The summed E-state index contributed by atoms with van der Waals surface area (Å²) < 4.78 is 11.1. The molecule has 1 aliphatic rings. The maximum Gasteiger partial charge on any atom is 0.294 e. The van der Waals surface area contributed by atoms with Gasteiger partial charge in [0.2, 0.25) is 5.91 Å². The van der Waals surface area contributed by atoms with Gasteiger partial charge in [0.15, 0.2) is 0 Å². The molecule has 1 saturated heterocycles. The normalized spacial score (nSPS) is 14.3. The maximum atomic E-state index is 12.9. The van der Waals surface area contributed by atoms with Gasteiger partial charge in [0.05, 0.1) is 17.7 Å². The highest BCUT2D eigenvalue weighted by Gasteiger charge is 2.36. The third kappa shape index (κ3) is 6.02. The van der Waals surface area contributed by atoms with Gasteiger partial charge in [-0.2, -0.15) is 0 Å². The molecule has 0 saturated carbocycles. The summed E-state index contributed by atoms with van der Waals surface area (Å²) in [6, 6.07) is 19.1. The minimum Gasteiger partial charge on any atom is -0.495 e. The molecular formula is C26H20Cl2N2O5S. The van der Waals surface area contributed by atoms with Crippen LogP contribution in [0.15, 0.2) is 71.6 Å². The second kappa shape index (κ2) is 11.5. The predicted molar refractivity (Wildman–Crippen MR) is 142 cm³/mol. The number of hydrogen-bond acceptors (Lipinski definition) is 6. The van der Waals surface area contributed by atoms with E-state index in [0.29, 0.717) is 32.8 Å². The Morgan fingerprint density at radius 1 is 1.03 bits per heavy atom. The van der Waals surface area contributed by atoms with Crippen molar-refractivity contribution in [3.63, 3.8) is 0 Å². The van der Waals surface area contributed by atoms with Crippen molar-refractivity contribution in [3.8, 4) is 11.5 Å². The Morgan fingerprint density at radius 3 is 2.50 bits per heavy atom. The number of rotatable bonds is 8. The average molecular weight is 543 g/mol. The van der Waals surface area contributed by atoms with Crippen LogP contribution >= 0.6 is 35.0 Å². The lowest BCUT2D eigenvalue weighted by atomic mass is 10.1. The lowest BCUT2D eigenvalue weighted by molar-refractivity contribution is -0.127. The minimum atomic E-state index is -0.560. The molecule has 10 heteroatoms. The summed E-state index contributed by atoms with van der Waals surface area (Å²) >= 11 is 12.9. The van der Waals surface area contributed by atoms with Gasteiger partial charge in [-0.1, -0.05) is 59.6 Å². The van der Waals surface area contributed by atoms with Crippen LogP contribution in [0.25, 0.3) is 6.08 Å². The van der Waals surface area contributed by atoms with Crippen molar-refractivity contribution in [2.75, 3.05) is 19.0 Å². The van der Waals surface area contributed by atoms with Gasteiger partial charge in [0, 0.05) is 21.2 Å². The lowest BCUT2D eigenvalue weighted by Gasteiger charge is -2.14. The van der Waals surface area contributed by atoms with Crippen LogP contribution in [0.5, 0.6) is 11.5 Å². The van der Waals surface area contributed by atoms with Crippen molar-refractivity contribution in [3.05, 3.63) is 92.8 Å². The Hall–Kier alpha value is -3.46. The SMILES string of the molecule is COc1ccccc1NC(=O)CN1C(=O)S/C(=C/c2ccccc2OCc2ccc(Cl)cc2Cl)C1=O. The number of methoxy groups -OCH3 is 1. The highest BCUT2D eigenvalue weighted by molar-refractivity contribution is 8.18. The molecule has 1 heterocycles. The molecule has 184 valence electrons. The molecule has 0 bridgehead atoms. The van der Waals surface area contributed by atoms with E-state index in [1.165, 1.54) is 7.11 Å². The Balaban J connectivity index is 1.46. The quantitative estimate of drug-likeness (QED) is 0.338. The van der Waals surface area contributed by atoms with Crippen molar-refractivity contribution in [2.45, 2.75) is 6.61 Å². The molecule has 7 nitrogen and oxygen atoms in total. The largest absolute Gasteiger partial charge is 0.495 e. The van der Waals surface area contributed by atoms with Crippen LogP contribution in [0, 0.1) is 0 Å². The van der Waals surface area contributed by atoms with E-state index in [2.05, 4.69) is 5.32 Å². The molecule has 0 aromatic heterocycles. The van der Waals surface area contributed by atoms with E-state index in [9.17, 15) is 14.4 Å². The van der Waals surface area contributed by atoms with Gasteiger partial charge in [-0.05, 0) is 48.2 Å². The molecule has 3 aromatic carbocycles. The predicted octanol–water partition coefficient (Wildman–Crippen LogP) is 6.26. The van der Waals surface area contributed by atoms with Crippen LogP contribution in [-0.4, -0.2) is 35.6 Å². The van der Waals surface area contributed by atoms with E-state index in [0.717, 1.165) is 22.2 Å². The fraction of sp³-hybridized carbons (Fsp3) is 0.115. The first-order chi connectivity index (χ1) is 17.4. The number of ether oxygens (including phenoxy) is 2. The van der Waals surface area contributed by atoms with E-state index < -0.39 is 23.6 Å². The summed E-state index contributed by atoms with van der Waals surface area (Å²) in [6.07, 6.45) is 1.57. The third-order valence-electron chi connectivity index (χ3n) is 5.16. The van der Waals surface area contributed by atoms with Crippen LogP contribution < -0.4 is 14.8 Å². The number of hydrogen-bond donors (Lipinski definition) is 1. The second-order valence-corrected chi connectivity index (χ2v) is 9.42. The van der Waals surface area contributed by atoms with Crippen LogP contribution in [0.2, 0.25) is 10.0 Å². The standard InChI is InChI=1S/C26H20Cl2N2O5S/c1-34-22-9-5-3-7-20(22)29-24(31)14-30-25(32)23(36-26(30)33)12-16-6-2-4-8-21(16)35-15-17-10-11-18(27)13-19(17)28/h2-13H,14-15H2,1H3,(H,29,31)/b23-12+. The number of benzene rings is 3. The molecule has 0 spiro atoms. The number of thioether (sulfide) groups is 1. The van der Waals surface area contributed by atoms with Crippen LogP contribution in [0.4, 0.5) is 10.5 Å². The monoisotopic (exact) mass is 542 g/mol. The maximum absolute atomic E-state index is 12.9. The van der Waals surface area contributed by atoms with Crippen LogP contribution in [0.1, 0.15) is 11.1 Å². The second-order valence-electron chi connectivity index (χ2n) is 7.58. The molecular weight excluding hydrogens is 523 g/mol. The number of imide groups is 1. The molecule has 0 unspecified atom stereocenters. The summed E-state index contributed by atoms with van der Waals surface area (Å²) in [5.41, 5.74) is 1.79. The summed E-state index contributed by atoms with van der Waals surface area (Å²) in [5, 5.41) is 3.13. The van der Waals surface area contributed by atoms with Gasteiger partial charge in [0.25, 0.3) is 11.1 Å². The first kappa shape index (κ1) is 25.6.